The number of piperidine rings is 1. The zero-order chi connectivity index (χ0) is 21.0. The second kappa shape index (κ2) is 9.15. The third-order valence-corrected chi connectivity index (χ3v) is 5.74. The number of halogens is 3. The summed E-state index contributed by atoms with van der Waals surface area (Å²) in [4.78, 5) is 26.6. The number of nitrogens with one attached hydrogen (secondary N) is 1. The molecule has 29 heavy (non-hydrogen) atoms. The lowest BCUT2D eigenvalue weighted by molar-refractivity contribution is -0.137. The molecule has 8 heteroatoms. The first-order chi connectivity index (χ1) is 13.8. The van der Waals surface area contributed by atoms with Gasteiger partial charge in [-0.05, 0) is 49.8 Å². The Morgan fingerprint density at radius 3 is 2.52 bits per heavy atom. The highest BCUT2D eigenvalue weighted by atomic mass is 19.4. The van der Waals surface area contributed by atoms with Gasteiger partial charge in [0.05, 0.1) is 11.7 Å². The fourth-order valence-corrected chi connectivity index (χ4v) is 4.17. The number of amides is 2. The Labute approximate surface area is 168 Å². The Hall–Kier alpha value is -2.09. The monoisotopic (exact) mass is 412 g/mol. The topological polar surface area (TPSA) is 58.6 Å². The number of anilines is 1. The fourth-order valence-electron chi connectivity index (χ4n) is 4.17. The van der Waals surface area contributed by atoms with E-state index in [1.54, 1.807) is 7.11 Å². The van der Waals surface area contributed by atoms with Gasteiger partial charge in [-0.3, -0.25) is 9.59 Å². The molecule has 2 fully saturated rings. The van der Waals surface area contributed by atoms with Crippen LogP contribution in [0.2, 0.25) is 0 Å². The van der Waals surface area contributed by atoms with E-state index in [1.807, 2.05) is 0 Å². The molecule has 1 saturated heterocycles. The molecular weight excluding hydrogens is 385 g/mol. The van der Waals surface area contributed by atoms with Crippen molar-refractivity contribution in [1.82, 2.24) is 4.90 Å². The highest BCUT2D eigenvalue weighted by Crippen LogP contribution is 2.33. The van der Waals surface area contributed by atoms with Gasteiger partial charge in [0.15, 0.2) is 0 Å². The van der Waals surface area contributed by atoms with Crippen LogP contribution in [0, 0.1) is 5.92 Å². The number of hydrogen-bond donors (Lipinski definition) is 1. The predicted molar refractivity (Wildman–Crippen MR) is 103 cm³/mol. The first-order valence-corrected chi connectivity index (χ1v) is 10.1. The van der Waals surface area contributed by atoms with Crippen LogP contribution in [0.1, 0.15) is 60.9 Å². The van der Waals surface area contributed by atoms with Crippen molar-refractivity contribution >= 4 is 17.5 Å². The third kappa shape index (κ3) is 5.72. The summed E-state index contributed by atoms with van der Waals surface area (Å²) >= 11 is 0. The van der Waals surface area contributed by atoms with Crippen LogP contribution in [0.5, 0.6) is 0 Å². The molecule has 1 aliphatic carbocycles. The maximum atomic E-state index is 13.4. The minimum Gasteiger partial charge on any atom is -0.380 e. The molecule has 0 radical (unpaired) electrons. The van der Waals surface area contributed by atoms with Gasteiger partial charge in [0.25, 0.3) is 5.91 Å². The molecule has 1 aromatic rings. The Morgan fingerprint density at radius 1 is 1.14 bits per heavy atom. The van der Waals surface area contributed by atoms with Gasteiger partial charge in [-0.2, -0.15) is 13.2 Å². The zero-order valence-corrected chi connectivity index (χ0v) is 16.6. The standard InChI is InChI=1S/C21H27F3N2O3/c1-29-18-7-4-8-26(13-18)20(28)15-10-16(21(22,23)24)12-17(11-15)25-19(27)9-14-5-2-3-6-14/h10-12,14,18H,2-9,13H2,1H3,(H,25,27). The Balaban J connectivity index is 1.79. The van der Waals surface area contributed by atoms with E-state index in [-0.39, 0.29) is 29.2 Å². The molecule has 1 N–H and O–H groups in total. The van der Waals surface area contributed by atoms with E-state index in [2.05, 4.69) is 5.32 Å². The van der Waals surface area contributed by atoms with Gasteiger partial charge in [-0.15, -0.1) is 0 Å². The normalized spacial score (nSPS) is 20.7. The molecule has 1 aromatic carbocycles. The third-order valence-electron chi connectivity index (χ3n) is 5.74. The van der Waals surface area contributed by atoms with Gasteiger partial charge in [-0.25, -0.2) is 0 Å². The smallest absolute Gasteiger partial charge is 0.380 e. The molecule has 1 heterocycles. The van der Waals surface area contributed by atoms with Crippen LogP contribution >= 0.6 is 0 Å². The molecule has 1 saturated carbocycles. The molecule has 2 aliphatic rings. The second-order valence-corrected chi connectivity index (χ2v) is 7.95. The van der Waals surface area contributed by atoms with E-state index in [9.17, 15) is 22.8 Å². The Kier molecular flexibility index (Phi) is 6.82. The van der Waals surface area contributed by atoms with Crippen molar-refractivity contribution in [3.63, 3.8) is 0 Å². The summed E-state index contributed by atoms with van der Waals surface area (Å²) < 4.78 is 45.4. The molecule has 160 valence electrons. The predicted octanol–water partition coefficient (Wildman–Crippen LogP) is 4.48. The van der Waals surface area contributed by atoms with Crippen molar-refractivity contribution in [2.24, 2.45) is 5.92 Å². The van der Waals surface area contributed by atoms with Crippen molar-refractivity contribution in [2.45, 2.75) is 57.2 Å². The van der Waals surface area contributed by atoms with Crippen LogP contribution in [0.3, 0.4) is 0 Å². The lowest BCUT2D eigenvalue weighted by Crippen LogP contribution is -2.43. The maximum absolute atomic E-state index is 13.4. The summed E-state index contributed by atoms with van der Waals surface area (Å²) in [5.41, 5.74) is -1.01. The number of carbonyl (C=O) groups excluding carboxylic acids is 2. The molecule has 2 amide bonds. The minimum absolute atomic E-state index is 0.00599. The van der Waals surface area contributed by atoms with Gasteiger partial charge in [-0.1, -0.05) is 12.8 Å². The first kappa shape index (κ1) is 21.6. The van der Waals surface area contributed by atoms with Crippen molar-refractivity contribution in [2.75, 3.05) is 25.5 Å². The van der Waals surface area contributed by atoms with Crippen LogP contribution in [0.15, 0.2) is 18.2 Å². The van der Waals surface area contributed by atoms with E-state index in [1.165, 1.54) is 11.0 Å². The average molecular weight is 412 g/mol. The second-order valence-electron chi connectivity index (χ2n) is 7.95. The summed E-state index contributed by atoms with van der Waals surface area (Å²) in [5.74, 6) is -0.516. The molecule has 5 nitrogen and oxygen atoms in total. The highest BCUT2D eigenvalue weighted by molar-refractivity contribution is 5.97. The van der Waals surface area contributed by atoms with Gasteiger partial charge < -0.3 is 15.0 Å². The van der Waals surface area contributed by atoms with Crippen LogP contribution < -0.4 is 5.32 Å². The van der Waals surface area contributed by atoms with Crippen molar-refractivity contribution in [3.05, 3.63) is 29.3 Å². The molecule has 0 spiro atoms. The summed E-state index contributed by atoms with van der Waals surface area (Å²) in [6.07, 6.45) is 1.20. The molecule has 1 atom stereocenters. The molecule has 3 rings (SSSR count). The Bertz CT molecular complexity index is 745. The van der Waals surface area contributed by atoms with Crippen LogP contribution in [0.25, 0.3) is 0 Å². The number of rotatable bonds is 5. The van der Waals surface area contributed by atoms with E-state index < -0.39 is 17.6 Å². The van der Waals surface area contributed by atoms with Crippen LogP contribution in [0.4, 0.5) is 18.9 Å². The maximum Gasteiger partial charge on any atom is 0.416 e. The first-order valence-electron chi connectivity index (χ1n) is 10.1. The van der Waals surface area contributed by atoms with Gasteiger partial charge in [0.2, 0.25) is 5.91 Å². The summed E-state index contributed by atoms with van der Waals surface area (Å²) in [6, 6.07) is 3.07. The number of nitrogens with zero attached hydrogens (tertiary/aromatic N) is 1. The van der Waals surface area contributed by atoms with E-state index in [0.717, 1.165) is 50.7 Å². The number of methoxy groups -OCH3 is 1. The SMILES string of the molecule is COC1CCCN(C(=O)c2cc(NC(=O)CC3CCCC3)cc(C(F)(F)F)c2)C1. The van der Waals surface area contributed by atoms with E-state index in [4.69, 9.17) is 4.74 Å². The molecule has 0 bridgehead atoms. The minimum atomic E-state index is -4.61. The quantitative estimate of drug-likeness (QED) is 0.776. The van der Waals surface area contributed by atoms with E-state index >= 15 is 0 Å². The molecule has 0 aromatic heterocycles. The van der Waals surface area contributed by atoms with Crippen molar-refractivity contribution in [3.8, 4) is 0 Å². The van der Waals surface area contributed by atoms with Gasteiger partial charge in [0.1, 0.15) is 0 Å². The number of hydrogen-bond acceptors (Lipinski definition) is 3. The van der Waals surface area contributed by atoms with Gasteiger partial charge >= 0.3 is 6.18 Å². The number of benzene rings is 1. The summed E-state index contributed by atoms with van der Waals surface area (Å²) in [7, 11) is 1.56. The molecule has 1 unspecified atom stereocenters. The number of alkyl halides is 3. The Morgan fingerprint density at radius 2 is 1.86 bits per heavy atom. The lowest BCUT2D eigenvalue weighted by atomic mass is 10.0. The lowest BCUT2D eigenvalue weighted by Gasteiger charge is -2.32. The highest BCUT2D eigenvalue weighted by Gasteiger charge is 2.33. The van der Waals surface area contributed by atoms with E-state index in [0.29, 0.717) is 19.5 Å². The number of carbonyl (C=O) groups is 2. The van der Waals surface area contributed by atoms with Gasteiger partial charge in [0, 0.05) is 37.9 Å². The molecule has 1 aliphatic heterocycles. The van der Waals surface area contributed by atoms with Crippen LogP contribution in [-0.2, 0) is 15.7 Å². The van der Waals surface area contributed by atoms with Crippen molar-refractivity contribution < 1.29 is 27.5 Å². The fraction of sp³-hybridized carbons (Fsp3) is 0.619. The number of likely N-dealkylation sites (tertiary alicyclic amines) is 1. The average Bonchev–Trinajstić information content (AvgIpc) is 3.19. The molecular formula is C21H27F3N2O3. The number of ether oxygens (including phenoxy) is 1. The zero-order valence-electron chi connectivity index (χ0n) is 16.6. The van der Waals surface area contributed by atoms with Crippen molar-refractivity contribution in [1.29, 1.82) is 0 Å². The van der Waals surface area contributed by atoms with Crippen LogP contribution in [-0.4, -0.2) is 43.0 Å². The summed E-state index contributed by atoms with van der Waals surface area (Å²) in [5, 5.41) is 2.57. The summed E-state index contributed by atoms with van der Waals surface area (Å²) in [6.45, 7) is 0.813. The largest absolute Gasteiger partial charge is 0.416 e.